The Bertz CT molecular complexity index is 980. The largest absolute Gasteiger partial charge is 2.00 e. The van der Waals surface area contributed by atoms with Crippen molar-refractivity contribution in [2.24, 2.45) is 0 Å². The van der Waals surface area contributed by atoms with Crippen LogP contribution in [0.2, 0.25) is 0 Å². The third-order valence-corrected chi connectivity index (χ3v) is 4.27. The van der Waals surface area contributed by atoms with Gasteiger partial charge in [0.2, 0.25) is 0 Å². The van der Waals surface area contributed by atoms with Crippen LogP contribution in [0.15, 0.2) is 133 Å². The number of carboxylic acid groups (broad SMARTS) is 1. The summed E-state index contributed by atoms with van der Waals surface area (Å²) < 4.78 is 4.91. The molecular formula is C30H32Fe2O4. The van der Waals surface area contributed by atoms with E-state index in [2.05, 4.69) is 6.58 Å². The molecule has 0 aliphatic rings. The van der Waals surface area contributed by atoms with Gasteiger partial charge in [0.25, 0.3) is 0 Å². The van der Waals surface area contributed by atoms with Crippen LogP contribution in [0, 0.1) is 0 Å². The van der Waals surface area contributed by atoms with Gasteiger partial charge in [0.15, 0.2) is 0 Å². The molecular weight excluding hydrogens is 536 g/mol. The minimum absolute atomic E-state index is 0. The number of carbonyl (C=O) groups excluding carboxylic acids is 1. The third-order valence-electron chi connectivity index (χ3n) is 4.27. The Morgan fingerprint density at radius 1 is 0.806 bits per heavy atom. The van der Waals surface area contributed by atoms with Gasteiger partial charge in [-0.25, -0.2) is 58.1 Å². The van der Waals surface area contributed by atoms with Crippen LogP contribution >= 0.6 is 0 Å². The second-order valence-corrected chi connectivity index (χ2v) is 7.26. The van der Waals surface area contributed by atoms with Crippen LogP contribution in [0.1, 0.15) is 25.0 Å². The van der Waals surface area contributed by atoms with Crippen molar-refractivity contribution in [2.75, 3.05) is 0 Å². The first-order chi connectivity index (χ1) is 16.4. The Balaban J connectivity index is 0. The maximum Gasteiger partial charge on any atom is 2.00 e. The molecule has 0 bridgehead atoms. The van der Waals surface area contributed by atoms with Crippen molar-refractivity contribution in [3.8, 4) is 0 Å². The van der Waals surface area contributed by atoms with Gasteiger partial charge in [0, 0.05) is 11.1 Å². The molecule has 0 amide bonds. The molecule has 0 saturated heterocycles. The average Bonchev–Trinajstić information content (AvgIpc) is 3.65. The molecule has 192 valence electrons. The smallest absolute Gasteiger partial charge is 0.478 e. The number of ether oxygens (including phenoxy) is 1. The second-order valence-electron chi connectivity index (χ2n) is 7.26. The minimum Gasteiger partial charge on any atom is -0.478 e. The van der Waals surface area contributed by atoms with Crippen LogP contribution in [0.5, 0.6) is 0 Å². The van der Waals surface area contributed by atoms with Gasteiger partial charge in [-0.1, -0.05) is 19.1 Å². The zero-order valence-corrected chi connectivity index (χ0v) is 22.7. The molecule has 4 nitrogen and oxygen atoms in total. The maximum absolute atomic E-state index is 10.9. The molecule has 4 aromatic rings. The fourth-order valence-electron chi connectivity index (χ4n) is 2.33. The topological polar surface area (TPSA) is 63.6 Å². The predicted molar refractivity (Wildman–Crippen MR) is 138 cm³/mol. The molecule has 4 aromatic carbocycles. The van der Waals surface area contributed by atoms with Crippen LogP contribution in [0.25, 0.3) is 0 Å². The van der Waals surface area contributed by atoms with Crippen LogP contribution < -0.4 is 0 Å². The first-order valence-electron chi connectivity index (χ1n) is 10.9. The van der Waals surface area contributed by atoms with Crippen molar-refractivity contribution in [1.29, 1.82) is 0 Å². The van der Waals surface area contributed by atoms with Gasteiger partial charge >= 0.3 is 46.1 Å². The molecule has 0 saturated carbocycles. The summed E-state index contributed by atoms with van der Waals surface area (Å²) in [4.78, 5) is 21.3. The van der Waals surface area contributed by atoms with E-state index < -0.39 is 5.97 Å². The van der Waals surface area contributed by atoms with Gasteiger partial charge in [-0.15, -0.1) is 5.56 Å². The number of esters is 1. The van der Waals surface area contributed by atoms with Crippen LogP contribution in [-0.4, -0.2) is 17.0 Å². The summed E-state index contributed by atoms with van der Waals surface area (Å²) in [5.41, 5.74) is 2.98. The Hall–Kier alpha value is -3.14. The number of hydrogen-bond donors (Lipinski definition) is 1. The zero-order chi connectivity index (χ0) is 25.0. The standard InChI is InChI=1S/2C10H11O2.2C5H5.2Fe/c1-8(2)10(11)12-7-9-5-3-4-6-9;1-8(10(11)12)6-7-9-4-2-3-5-9;2*1-2-4-5-3-1;;/h3-6H,1,7H2,2H3;2-6H,7H2,1H3,(H,11,12);2*1-5H;;/q4*-1;2*+2. The molecule has 1 N–H and O–H groups in total. The van der Waals surface area contributed by atoms with E-state index in [1.165, 1.54) is 0 Å². The van der Waals surface area contributed by atoms with Crippen molar-refractivity contribution in [1.82, 2.24) is 0 Å². The number of carboxylic acids is 1. The monoisotopic (exact) mass is 568 g/mol. The summed E-state index contributed by atoms with van der Waals surface area (Å²) in [5, 5.41) is 8.54. The molecule has 0 spiro atoms. The normalized spacial score (nSPS) is 9.22. The summed E-state index contributed by atoms with van der Waals surface area (Å²) in [6.45, 7) is 7.05. The van der Waals surface area contributed by atoms with E-state index in [1.807, 2.05) is 109 Å². The second kappa shape index (κ2) is 22.3. The molecule has 0 atom stereocenters. The van der Waals surface area contributed by atoms with Gasteiger partial charge in [-0.3, -0.25) is 0 Å². The molecule has 0 aliphatic carbocycles. The van der Waals surface area contributed by atoms with Gasteiger partial charge in [0.1, 0.15) is 0 Å². The van der Waals surface area contributed by atoms with Crippen LogP contribution in [0.3, 0.4) is 0 Å². The molecule has 0 radical (unpaired) electrons. The molecule has 0 aromatic heterocycles. The van der Waals surface area contributed by atoms with E-state index in [0.29, 0.717) is 24.2 Å². The van der Waals surface area contributed by atoms with E-state index in [9.17, 15) is 9.59 Å². The Kier molecular flexibility index (Phi) is 21.7. The molecule has 0 aliphatic heterocycles. The number of aliphatic carboxylic acids is 1. The van der Waals surface area contributed by atoms with Gasteiger partial charge in [0.05, 0.1) is 6.61 Å². The number of rotatable bonds is 6. The zero-order valence-electron chi connectivity index (χ0n) is 20.5. The molecule has 36 heavy (non-hydrogen) atoms. The molecule has 0 heterocycles. The minimum atomic E-state index is -0.846. The number of allylic oxidation sites excluding steroid dienone is 1. The van der Waals surface area contributed by atoms with Crippen molar-refractivity contribution in [3.63, 3.8) is 0 Å². The molecule has 4 rings (SSSR count). The van der Waals surface area contributed by atoms with Crippen LogP contribution in [-0.2, 0) is 61.5 Å². The van der Waals surface area contributed by atoms with E-state index in [4.69, 9.17) is 9.84 Å². The fourth-order valence-corrected chi connectivity index (χ4v) is 2.33. The first-order valence-corrected chi connectivity index (χ1v) is 10.9. The van der Waals surface area contributed by atoms with Crippen LogP contribution in [0.4, 0.5) is 0 Å². The van der Waals surface area contributed by atoms with Gasteiger partial charge in [-0.05, 0) is 13.8 Å². The Labute approximate surface area is 235 Å². The van der Waals surface area contributed by atoms with E-state index in [-0.39, 0.29) is 40.1 Å². The Morgan fingerprint density at radius 3 is 1.56 bits per heavy atom. The molecule has 0 fully saturated rings. The van der Waals surface area contributed by atoms with Crippen molar-refractivity contribution in [2.45, 2.75) is 26.9 Å². The summed E-state index contributed by atoms with van der Waals surface area (Å²) >= 11 is 0. The maximum atomic E-state index is 10.9. The van der Waals surface area contributed by atoms with E-state index >= 15 is 0 Å². The summed E-state index contributed by atoms with van der Waals surface area (Å²) in [6, 6.07) is 35.5. The first kappa shape index (κ1) is 35.0. The third kappa shape index (κ3) is 18.2. The van der Waals surface area contributed by atoms with Gasteiger partial charge in [-0.2, -0.15) is 66.2 Å². The number of carbonyl (C=O) groups is 2. The van der Waals surface area contributed by atoms with Crippen molar-refractivity contribution in [3.05, 3.63) is 144 Å². The summed E-state index contributed by atoms with van der Waals surface area (Å²) in [5.74, 6) is -1.18. The van der Waals surface area contributed by atoms with E-state index in [1.54, 1.807) is 19.9 Å². The Morgan fingerprint density at radius 2 is 1.22 bits per heavy atom. The number of hydrogen-bond acceptors (Lipinski definition) is 3. The van der Waals surface area contributed by atoms with Gasteiger partial charge < -0.3 is 9.84 Å². The van der Waals surface area contributed by atoms with Crippen molar-refractivity contribution >= 4 is 11.9 Å². The SMILES string of the molecule is C=C(C)C(=O)OC[c-]1cccc1.CC(=CC[c-]1cccc1)C(=O)O.[Fe+2].[Fe+2].c1cc[cH-]c1.c1cc[cH-]c1. The summed E-state index contributed by atoms with van der Waals surface area (Å²) in [6.07, 6.45) is 2.42. The van der Waals surface area contributed by atoms with E-state index in [0.717, 1.165) is 11.1 Å². The fraction of sp³-hybridized carbons (Fsp3) is 0.133. The van der Waals surface area contributed by atoms with Crippen molar-refractivity contribution < 1.29 is 53.6 Å². The molecule has 6 heteroatoms. The molecule has 0 unspecified atom stereocenters. The summed E-state index contributed by atoms with van der Waals surface area (Å²) in [7, 11) is 0. The average molecular weight is 568 g/mol. The quantitative estimate of drug-likeness (QED) is 0.120. The predicted octanol–water partition coefficient (Wildman–Crippen LogP) is 6.81.